The summed E-state index contributed by atoms with van der Waals surface area (Å²) < 4.78 is 6.91. The Hall–Kier alpha value is -5.18. The number of aromatic nitrogens is 3. The molecule has 1 unspecified atom stereocenters. The molecule has 0 radical (unpaired) electrons. The van der Waals surface area contributed by atoms with Gasteiger partial charge in [-0.3, -0.25) is 29.0 Å². The number of hydrogen-bond donors (Lipinski definition) is 2. The molecule has 1 aliphatic carbocycles. The van der Waals surface area contributed by atoms with Crippen LogP contribution in [0.1, 0.15) is 56.7 Å². The number of amides is 3. The van der Waals surface area contributed by atoms with E-state index in [9.17, 15) is 19.2 Å². The quantitative estimate of drug-likeness (QED) is 0.247. The fourth-order valence-electron chi connectivity index (χ4n) is 8.13. The molecule has 280 valence electrons. The third kappa shape index (κ3) is 6.21. The van der Waals surface area contributed by atoms with Crippen LogP contribution >= 0.6 is 11.3 Å². The van der Waals surface area contributed by atoms with Gasteiger partial charge in [0.25, 0.3) is 11.5 Å². The van der Waals surface area contributed by atoms with Gasteiger partial charge in [-0.25, -0.2) is 9.97 Å². The van der Waals surface area contributed by atoms with E-state index in [1.165, 1.54) is 26.6 Å². The highest BCUT2D eigenvalue weighted by Crippen LogP contribution is 2.46. The van der Waals surface area contributed by atoms with Gasteiger partial charge in [-0.15, -0.1) is 11.3 Å². The minimum Gasteiger partial charge on any atom is -0.378 e. The largest absolute Gasteiger partial charge is 0.378 e. The number of ether oxygens (including phenoxy) is 1. The zero-order chi connectivity index (χ0) is 38.1. The Morgan fingerprint density at radius 3 is 2.61 bits per heavy atom. The van der Waals surface area contributed by atoms with Gasteiger partial charge in [0.05, 0.1) is 29.8 Å². The van der Waals surface area contributed by atoms with E-state index in [1.54, 1.807) is 65.8 Å². The van der Waals surface area contributed by atoms with Crippen molar-refractivity contribution in [1.29, 1.82) is 0 Å². The van der Waals surface area contributed by atoms with Crippen LogP contribution in [0.3, 0.4) is 0 Å². The van der Waals surface area contributed by atoms with Crippen molar-refractivity contribution in [2.24, 2.45) is 12.5 Å². The maximum absolute atomic E-state index is 13.9. The van der Waals surface area contributed by atoms with E-state index < -0.39 is 11.9 Å². The minimum absolute atomic E-state index is 0.0227. The topological polar surface area (TPSA) is 142 Å². The van der Waals surface area contributed by atoms with Crippen LogP contribution in [0.2, 0.25) is 0 Å². The van der Waals surface area contributed by atoms with Gasteiger partial charge in [0.1, 0.15) is 11.9 Å². The van der Waals surface area contributed by atoms with Crippen LogP contribution in [0.15, 0.2) is 54.1 Å². The molecule has 0 bridgehead atoms. The molecule has 2 saturated heterocycles. The lowest BCUT2D eigenvalue weighted by Crippen LogP contribution is -2.59. The summed E-state index contributed by atoms with van der Waals surface area (Å²) >= 11 is 1.63. The number of carbonyl (C=O) groups excluding carboxylic acids is 3. The highest BCUT2D eigenvalue weighted by Gasteiger charge is 2.42. The smallest absolute Gasteiger partial charge is 0.293 e. The van der Waals surface area contributed by atoms with Gasteiger partial charge in [0, 0.05) is 79.1 Å². The summed E-state index contributed by atoms with van der Waals surface area (Å²) in [5.41, 5.74) is 6.01. The first kappa shape index (κ1) is 35.8. The Balaban J connectivity index is 1.11. The lowest BCUT2D eigenvalue weighted by Gasteiger charge is -2.46. The molecule has 2 fully saturated rings. The number of rotatable bonds is 8. The van der Waals surface area contributed by atoms with Crippen LogP contribution in [0, 0.1) is 12.3 Å². The van der Waals surface area contributed by atoms with Gasteiger partial charge in [-0.2, -0.15) is 0 Å². The molecular weight excluding hydrogens is 705 g/mol. The molecule has 4 aromatic rings. The Labute approximate surface area is 317 Å². The van der Waals surface area contributed by atoms with Crippen molar-refractivity contribution in [3.8, 4) is 11.3 Å². The lowest BCUT2D eigenvalue weighted by atomic mass is 9.89. The standard InChI is InChI=1S/C40H44N8O5S/c1-7-32(49)43-29-16-23(8-9-27(29)33-37(50)45(5)14-15-47(33)24-20-53-21-24)42-35-39(52)46(6)19-30(44-35)25-10-12-41-36(22(25)2)48-13-11-26-28-17-40(3,4)18-31(28)54-34(26)38(48)51/h7-10,12,16,19,24,33H,1,11,13-15,17-18,20-21H2,2-6H3,(H,42,44)(H,43,49). The van der Waals surface area contributed by atoms with Crippen molar-refractivity contribution in [2.75, 3.05) is 55.4 Å². The number of hydrogen-bond acceptors (Lipinski definition) is 10. The zero-order valence-corrected chi connectivity index (χ0v) is 32.0. The zero-order valence-electron chi connectivity index (χ0n) is 31.2. The van der Waals surface area contributed by atoms with E-state index >= 15 is 0 Å². The summed E-state index contributed by atoms with van der Waals surface area (Å²) in [5, 5.41) is 6.05. The number of aryl methyl sites for hydroxylation is 1. The second-order valence-electron chi connectivity index (χ2n) is 15.4. The number of nitrogens with zero attached hydrogens (tertiary/aromatic N) is 6. The van der Waals surface area contributed by atoms with Crippen LogP contribution in [0.4, 0.5) is 23.0 Å². The normalized spacial score (nSPS) is 19.7. The average molecular weight is 749 g/mol. The maximum atomic E-state index is 13.9. The molecule has 8 rings (SSSR count). The summed E-state index contributed by atoms with van der Waals surface area (Å²) in [6, 6.07) is 6.58. The SMILES string of the molecule is C=CC(=O)Nc1cc(Nc2nc(-c3ccnc(N4CCc5c(sc6c5CC(C)(C)C6)C4=O)c3C)cn(C)c2=O)ccc1C1C(=O)N(C)CCN1C1COC1. The molecule has 14 heteroatoms. The third-order valence-electron chi connectivity index (χ3n) is 11.1. The van der Waals surface area contributed by atoms with Crippen molar-refractivity contribution >= 4 is 52.1 Å². The summed E-state index contributed by atoms with van der Waals surface area (Å²) in [7, 11) is 3.44. The van der Waals surface area contributed by atoms with E-state index in [-0.39, 0.29) is 34.6 Å². The van der Waals surface area contributed by atoms with E-state index in [0.29, 0.717) is 61.3 Å². The van der Waals surface area contributed by atoms with Crippen molar-refractivity contribution < 1.29 is 19.1 Å². The Morgan fingerprint density at radius 1 is 1.07 bits per heavy atom. The third-order valence-corrected chi connectivity index (χ3v) is 12.3. The first-order valence-corrected chi connectivity index (χ1v) is 19.1. The highest BCUT2D eigenvalue weighted by molar-refractivity contribution is 7.14. The molecule has 1 atom stereocenters. The van der Waals surface area contributed by atoms with E-state index in [2.05, 4.69) is 40.9 Å². The fraction of sp³-hybridized carbons (Fsp3) is 0.400. The summed E-state index contributed by atoms with van der Waals surface area (Å²) in [6.07, 6.45) is 7.30. The Bertz CT molecular complexity index is 2290. The van der Waals surface area contributed by atoms with Crippen molar-refractivity contribution in [3.05, 3.63) is 91.7 Å². The molecule has 3 aromatic heterocycles. The molecule has 13 nitrogen and oxygen atoms in total. The number of fused-ring (bicyclic) bond motifs is 3. The van der Waals surface area contributed by atoms with Gasteiger partial charge in [0.15, 0.2) is 5.82 Å². The molecule has 54 heavy (non-hydrogen) atoms. The summed E-state index contributed by atoms with van der Waals surface area (Å²) in [4.78, 5) is 70.9. The van der Waals surface area contributed by atoms with Crippen LogP contribution < -0.4 is 21.1 Å². The van der Waals surface area contributed by atoms with Crippen LogP contribution in [-0.2, 0) is 40.6 Å². The second-order valence-corrected chi connectivity index (χ2v) is 16.6. The number of carbonyl (C=O) groups is 3. The molecule has 6 heterocycles. The Morgan fingerprint density at radius 2 is 1.87 bits per heavy atom. The summed E-state index contributed by atoms with van der Waals surface area (Å²) in [5.74, 6) is 0.112. The molecule has 0 spiro atoms. The molecule has 3 aliphatic heterocycles. The molecule has 1 aromatic carbocycles. The number of piperazine rings is 1. The predicted molar refractivity (Wildman–Crippen MR) is 209 cm³/mol. The van der Waals surface area contributed by atoms with E-state index in [1.807, 2.05) is 13.0 Å². The number of thiophene rings is 1. The first-order chi connectivity index (χ1) is 25.8. The second kappa shape index (κ2) is 13.6. The van der Waals surface area contributed by atoms with Gasteiger partial charge >= 0.3 is 0 Å². The number of pyridine rings is 1. The van der Waals surface area contributed by atoms with Crippen molar-refractivity contribution in [1.82, 2.24) is 24.3 Å². The number of nitrogens with one attached hydrogen (secondary N) is 2. The average Bonchev–Trinajstić information content (AvgIpc) is 3.60. The van der Waals surface area contributed by atoms with Gasteiger partial charge in [-0.05, 0) is 67.0 Å². The maximum Gasteiger partial charge on any atom is 0.293 e. The number of benzene rings is 1. The fourth-order valence-corrected chi connectivity index (χ4v) is 9.70. The van der Waals surface area contributed by atoms with E-state index in [0.717, 1.165) is 35.3 Å². The molecular formula is C40H44N8O5S. The highest BCUT2D eigenvalue weighted by atomic mass is 32.1. The molecule has 4 aliphatic rings. The predicted octanol–water partition coefficient (Wildman–Crippen LogP) is 4.62. The van der Waals surface area contributed by atoms with Crippen LogP contribution in [0.25, 0.3) is 11.3 Å². The summed E-state index contributed by atoms with van der Waals surface area (Å²) in [6.45, 7) is 13.0. The van der Waals surface area contributed by atoms with Crippen LogP contribution in [-0.4, -0.2) is 88.0 Å². The Kier molecular flexibility index (Phi) is 9.02. The van der Waals surface area contributed by atoms with Gasteiger partial charge < -0.3 is 24.8 Å². The molecule has 3 amide bonds. The molecule has 2 N–H and O–H groups in total. The first-order valence-electron chi connectivity index (χ1n) is 18.3. The molecule has 0 saturated carbocycles. The number of anilines is 4. The minimum atomic E-state index is -0.629. The monoisotopic (exact) mass is 748 g/mol. The van der Waals surface area contributed by atoms with Gasteiger partial charge in [-0.1, -0.05) is 26.5 Å². The van der Waals surface area contributed by atoms with Crippen molar-refractivity contribution in [3.63, 3.8) is 0 Å². The van der Waals surface area contributed by atoms with Crippen molar-refractivity contribution in [2.45, 2.75) is 52.1 Å². The van der Waals surface area contributed by atoms with Gasteiger partial charge in [0.2, 0.25) is 11.8 Å². The lowest BCUT2D eigenvalue weighted by molar-refractivity contribution is -0.151. The number of likely N-dealkylation sites (N-methyl/N-ethyl adjacent to an activating group) is 1. The van der Waals surface area contributed by atoms with E-state index in [4.69, 9.17) is 9.72 Å². The van der Waals surface area contributed by atoms with Crippen LogP contribution in [0.5, 0.6) is 0 Å².